The van der Waals surface area contributed by atoms with Gasteiger partial charge < -0.3 is 15.3 Å². The van der Waals surface area contributed by atoms with Crippen molar-refractivity contribution in [2.24, 2.45) is 5.92 Å². The number of hydrogen-bond acceptors (Lipinski definition) is 5. The van der Waals surface area contributed by atoms with E-state index in [0.29, 0.717) is 12.5 Å². The first-order valence-corrected chi connectivity index (χ1v) is 8.31. The number of carbonyl (C=O) groups excluding carboxylic acids is 1. The minimum Gasteiger partial charge on any atom is -0.392 e. The maximum atomic E-state index is 12.0. The number of hydrogen-bond donors (Lipinski definition) is 2. The molecule has 0 saturated carbocycles. The average Bonchev–Trinajstić information content (AvgIpc) is 2.49. The van der Waals surface area contributed by atoms with Crippen molar-refractivity contribution in [1.82, 2.24) is 14.8 Å². The lowest BCUT2D eigenvalue weighted by Gasteiger charge is -2.34. The lowest BCUT2D eigenvalue weighted by Crippen LogP contribution is -2.41. The van der Waals surface area contributed by atoms with E-state index in [1.165, 1.54) is 0 Å². The Labute approximate surface area is 138 Å². The van der Waals surface area contributed by atoms with Crippen molar-refractivity contribution in [1.29, 1.82) is 0 Å². The summed E-state index contributed by atoms with van der Waals surface area (Å²) in [4.78, 5) is 20.4. The summed E-state index contributed by atoms with van der Waals surface area (Å²) in [6.45, 7) is 5.99. The molecular weight excluding hydrogens is 292 g/mol. The summed E-state index contributed by atoms with van der Waals surface area (Å²) in [6.07, 6.45) is 5.33. The number of β-amino-alcohol motifs (C(OH)–C–C–N with tert-alkyl or cyclic N) is 1. The van der Waals surface area contributed by atoms with Crippen molar-refractivity contribution in [3.05, 3.63) is 24.5 Å². The predicted molar refractivity (Wildman–Crippen MR) is 91.2 cm³/mol. The summed E-state index contributed by atoms with van der Waals surface area (Å²) in [5.41, 5.74) is 0.734. The molecule has 2 heterocycles. The van der Waals surface area contributed by atoms with Crippen molar-refractivity contribution in [2.45, 2.75) is 25.9 Å². The number of aliphatic hydroxyl groups is 1. The number of carbonyl (C=O) groups is 1. The smallest absolute Gasteiger partial charge is 0.238 e. The van der Waals surface area contributed by atoms with Crippen LogP contribution in [-0.2, 0) is 4.79 Å². The normalized spacial score (nSPS) is 18.1. The number of piperidine rings is 1. The summed E-state index contributed by atoms with van der Waals surface area (Å²) in [5.74, 6) is 0.614. The quantitative estimate of drug-likeness (QED) is 0.786. The van der Waals surface area contributed by atoms with Gasteiger partial charge in [0.2, 0.25) is 5.91 Å². The van der Waals surface area contributed by atoms with Gasteiger partial charge in [-0.25, -0.2) is 0 Å². The molecule has 1 unspecified atom stereocenters. The summed E-state index contributed by atoms with van der Waals surface area (Å²) in [5, 5.41) is 12.3. The van der Waals surface area contributed by atoms with E-state index >= 15 is 0 Å². The van der Waals surface area contributed by atoms with Crippen molar-refractivity contribution in [3.8, 4) is 0 Å². The van der Waals surface area contributed by atoms with Gasteiger partial charge in [-0.15, -0.1) is 0 Å². The van der Waals surface area contributed by atoms with Crippen LogP contribution in [0.2, 0.25) is 0 Å². The molecule has 0 spiro atoms. The van der Waals surface area contributed by atoms with Gasteiger partial charge in [-0.3, -0.25) is 14.7 Å². The average molecular weight is 320 g/mol. The molecule has 0 aromatic carbocycles. The molecule has 0 radical (unpaired) electrons. The van der Waals surface area contributed by atoms with Crippen LogP contribution in [0.15, 0.2) is 24.5 Å². The highest BCUT2D eigenvalue weighted by Gasteiger charge is 2.21. The number of aliphatic hydroxyl groups excluding tert-OH is 1. The number of pyridine rings is 1. The van der Waals surface area contributed by atoms with Gasteiger partial charge in [0.1, 0.15) is 0 Å². The Morgan fingerprint density at radius 1 is 1.52 bits per heavy atom. The Hall–Kier alpha value is -1.50. The first-order chi connectivity index (χ1) is 11.0. The molecule has 0 aliphatic carbocycles. The van der Waals surface area contributed by atoms with E-state index in [1.54, 1.807) is 18.5 Å². The fourth-order valence-corrected chi connectivity index (χ4v) is 3.11. The van der Waals surface area contributed by atoms with Gasteiger partial charge in [-0.05, 0) is 58.0 Å². The third kappa shape index (κ3) is 6.64. The molecular formula is C17H28N4O2. The highest BCUT2D eigenvalue weighted by Crippen LogP contribution is 2.18. The monoisotopic (exact) mass is 320 g/mol. The molecule has 1 amide bonds. The van der Waals surface area contributed by atoms with Gasteiger partial charge in [-0.1, -0.05) is 0 Å². The van der Waals surface area contributed by atoms with Crippen LogP contribution in [0.3, 0.4) is 0 Å². The number of amides is 1. The minimum absolute atomic E-state index is 0.00737. The molecule has 1 aromatic rings. The number of nitrogens with one attached hydrogen (secondary N) is 1. The van der Waals surface area contributed by atoms with E-state index in [9.17, 15) is 9.90 Å². The summed E-state index contributed by atoms with van der Waals surface area (Å²) < 4.78 is 0. The Balaban J connectivity index is 1.67. The SMILES string of the molecule is CC(O)CN1CCC(CN(C)CC(=O)Nc2cccnc2)CC1. The standard InChI is InChI=1S/C17H28N4O2/c1-14(22)11-21-8-5-15(6-9-21)12-20(2)13-17(23)19-16-4-3-7-18-10-16/h3-4,7,10,14-15,22H,5-6,8-9,11-13H2,1-2H3,(H,19,23). The third-order valence-corrected chi connectivity index (χ3v) is 4.16. The third-order valence-electron chi connectivity index (χ3n) is 4.16. The minimum atomic E-state index is -0.259. The molecule has 128 valence electrons. The zero-order valence-electron chi connectivity index (χ0n) is 14.1. The second-order valence-electron chi connectivity index (χ2n) is 6.58. The Morgan fingerprint density at radius 2 is 2.26 bits per heavy atom. The summed E-state index contributed by atoms with van der Waals surface area (Å²) in [6, 6.07) is 3.64. The van der Waals surface area contributed by atoms with Gasteiger partial charge in [0.25, 0.3) is 0 Å². The lowest BCUT2D eigenvalue weighted by atomic mass is 9.96. The van der Waals surface area contributed by atoms with Gasteiger partial charge in [0.15, 0.2) is 0 Å². The van der Waals surface area contributed by atoms with Crippen LogP contribution >= 0.6 is 0 Å². The second-order valence-corrected chi connectivity index (χ2v) is 6.58. The lowest BCUT2D eigenvalue weighted by molar-refractivity contribution is -0.117. The number of rotatable bonds is 7. The van der Waals surface area contributed by atoms with Gasteiger partial charge >= 0.3 is 0 Å². The van der Waals surface area contributed by atoms with Crippen molar-refractivity contribution in [3.63, 3.8) is 0 Å². The number of likely N-dealkylation sites (N-methyl/N-ethyl adjacent to an activating group) is 1. The van der Waals surface area contributed by atoms with Crippen LogP contribution in [0.25, 0.3) is 0 Å². The molecule has 0 bridgehead atoms. The van der Waals surface area contributed by atoms with E-state index in [0.717, 1.165) is 44.7 Å². The second kappa shape index (κ2) is 8.96. The van der Waals surface area contributed by atoms with Crippen LogP contribution in [-0.4, -0.2) is 71.7 Å². The molecule has 2 rings (SSSR count). The highest BCUT2D eigenvalue weighted by molar-refractivity contribution is 5.91. The van der Waals surface area contributed by atoms with Crippen LogP contribution in [0.5, 0.6) is 0 Å². The molecule has 1 atom stereocenters. The first kappa shape index (κ1) is 17.8. The topological polar surface area (TPSA) is 68.7 Å². The Morgan fingerprint density at radius 3 is 2.87 bits per heavy atom. The molecule has 1 aromatic heterocycles. The first-order valence-electron chi connectivity index (χ1n) is 8.31. The maximum Gasteiger partial charge on any atom is 0.238 e. The van der Waals surface area contributed by atoms with Crippen LogP contribution < -0.4 is 5.32 Å². The van der Waals surface area contributed by atoms with Crippen LogP contribution in [0.4, 0.5) is 5.69 Å². The summed E-state index contributed by atoms with van der Waals surface area (Å²) >= 11 is 0. The molecule has 2 N–H and O–H groups in total. The van der Waals surface area contributed by atoms with E-state index in [4.69, 9.17) is 0 Å². The number of nitrogens with zero attached hydrogens (tertiary/aromatic N) is 3. The fourth-order valence-electron chi connectivity index (χ4n) is 3.11. The van der Waals surface area contributed by atoms with E-state index in [-0.39, 0.29) is 12.0 Å². The van der Waals surface area contributed by atoms with E-state index in [2.05, 4.69) is 20.1 Å². The van der Waals surface area contributed by atoms with Crippen molar-refractivity contribution in [2.75, 3.05) is 45.1 Å². The number of aromatic nitrogens is 1. The molecule has 23 heavy (non-hydrogen) atoms. The summed E-state index contributed by atoms with van der Waals surface area (Å²) in [7, 11) is 1.99. The van der Waals surface area contributed by atoms with E-state index < -0.39 is 0 Å². The molecule has 6 heteroatoms. The van der Waals surface area contributed by atoms with Gasteiger partial charge in [-0.2, -0.15) is 0 Å². The highest BCUT2D eigenvalue weighted by atomic mass is 16.3. The fraction of sp³-hybridized carbons (Fsp3) is 0.647. The molecule has 1 saturated heterocycles. The largest absolute Gasteiger partial charge is 0.392 e. The molecule has 1 aliphatic heterocycles. The zero-order valence-corrected chi connectivity index (χ0v) is 14.1. The predicted octanol–water partition coefficient (Wildman–Crippen LogP) is 1.04. The van der Waals surface area contributed by atoms with Gasteiger partial charge in [0.05, 0.1) is 24.5 Å². The van der Waals surface area contributed by atoms with Gasteiger partial charge in [0, 0.05) is 19.3 Å². The molecule has 1 fully saturated rings. The maximum absolute atomic E-state index is 12.0. The number of anilines is 1. The van der Waals surface area contributed by atoms with Crippen molar-refractivity contribution >= 4 is 11.6 Å². The van der Waals surface area contributed by atoms with Crippen molar-refractivity contribution < 1.29 is 9.90 Å². The number of likely N-dealkylation sites (tertiary alicyclic amines) is 1. The Bertz CT molecular complexity index is 473. The molecule has 6 nitrogen and oxygen atoms in total. The Kier molecular flexibility index (Phi) is 6.95. The zero-order chi connectivity index (χ0) is 16.7. The van der Waals surface area contributed by atoms with Crippen LogP contribution in [0, 0.1) is 5.92 Å². The van der Waals surface area contributed by atoms with E-state index in [1.807, 2.05) is 20.0 Å². The van der Waals surface area contributed by atoms with Crippen LogP contribution in [0.1, 0.15) is 19.8 Å². The molecule has 1 aliphatic rings.